The molecule has 1 unspecified atom stereocenters. The molecule has 110 valence electrons. The van der Waals surface area contributed by atoms with Crippen LogP contribution in [0.15, 0.2) is 18.2 Å². The lowest BCUT2D eigenvalue weighted by Crippen LogP contribution is -2.62. The molecule has 0 radical (unpaired) electrons. The number of rotatable bonds is 3. The first-order valence-corrected chi connectivity index (χ1v) is 7.24. The summed E-state index contributed by atoms with van der Waals surface area (Å²) in [6.45, 7) is 5.32. The van der Waals surface area contributed by atoms with E-state index in [0.717, 1.165) is 0 Å². The fourth-order valence-electron chi connectivity index (χ4n) is 2.34. The zero-order chi connectivity index (χ0) is 14.9. The topological polar surface area (TPSA) is 52.6 Å². The van der Waals surface area contributed by atoms with Gasteiger partial charge >= 0.3 is 0 Å². The Balaban J connectivity index is 2.14. The van der Waals surface area contributed by atoms with Crippen LogP contribution in [0.25, 0.3) is 0 Å². The number of aliphatic hydroxyl groups is 1. The maximum atomic E-state index is 11.9. The van der Waals surface area contributed by atoms with E-state index >= 15 is 0 Å². The van der Waals surface area contributed by atoms with E-state index in [-0.39, 0.29) is 5.91 Å². The summed E-state index contributed by atoms with van der Waals surface area (Å²) < 4.78 is 0. The minimum Gasteiger partial charge on any atom is -0.387 e. The number of halogens is 2. The normalized spacial score (nSPS) is 20.6. The maximum absolute atomic E-state index is 11.9. The molecule has 20 heavy (non-hydrogen) atoms. The summed E-state index contributed by atoms with van der Waals surface area (Å²) >= 11 is 11.9. The lowest BCUT2D eigenvalue weighted by Gasteiger charge is -2.42. The monoisotopic (exact) mass is 316 g/mol. The van der Waals surface area contributed by atoms with Crippen LogP contribution < -0.4 is 5.32 Å². The molecule has 1 fully saturated rings. The second-order valence-corrected chi connectivity index (χ2v) is 6.29. The SMILES string of the molecule is CC1(C)C(=O)NCCN1CC(O)c1ccc(Cl)cc1Cl. The Labute approximate surface area is 128 Å². The van der Waals surface area contributed by atoms with Crippen molar-refractivity contribution in [3.8, 4) is 0 Å². The van der Waals surface area contributed by atoms with E-state index in [9.17, 15) is 9.90 Å². The molecule has 6 heteroatoms. The van der Waals surface area contributed by atoms with Gasteiger partial charge in [-0.15, -0.1) is 0 Å². The molecule has 0 bridgehead atoms. The van der Waals surface area contributed by atoms with Crippen LogP contribution in [0.4, 0.5) is 0 Å². The predicted molar refractivity (Wildman–Crippen MR) is 80.1 cm³/mol. The first-order chi connectivity index (χ1) is 9.32. The molecule has 0 aromatic heterocycles. The van der Waals surface area contributed by atoms with Crippen molar-refractivity contribution in [1.82, 2.24) is 10.2 Å². The number of hydrogen-bond donors (Lipinski definition) is 2. The Morgan fingerprint density at radius 2 is 2.15 bits per heavy atom. The highest BCUT2D eigenvalue weighted by molar-refractivity contribution is 6.35. The molecule has 1 amide bonds. The first-order valence-electron chi connectivity index (χ1n) is 6.48. The van der Waals surface area contributed by atoms with E-state index in [1.54, 1.807) is 18.2 Å². The molecule has 1 aromatic carbocycles. The van der Waals surface area contributed by atoms with Crippen LogP contribution in [0.2, 0.25) is 10.0 Å². The number of aliphatic hydroxyl groups excluding tert-OH is 1. The van der Waals surface area contributed by atoms with Crippen molar-refractivity contribution in [1.29, 1.82) is 0 Å². The average molecular weight is 317 g/mol. The number of carbonyl (C=O) groups is 1. The number of nitrogens with zero attached hydrogens (tertiary/aromatic N) is 1. The zero-order valence-electron chi connectivity index (χ0n) is 11.5. The lowest BCUT2D eigenvalue weighted by molar-refractivity contribution is -0.136. The van der Waals surface area contributed by atoms with Gasteiger partial charge in [-0.05, 0) is 26.0 Å². The lowest BCUT2D eigenvalue weighted by atomic mass is 9.97. The van der Waals surface area contributed by atoms with Gasteiger partial charge in [0.15, 0.2) is 0 Å². The van der Waals surface area contributed by atoms with Gasteiger partial charge in [-0.25, -0.2) is 0 Å². The first kappa shape index (κ1) is 15.6. The Hall–Kier alpha value is -0.810. The van der Waals surface area contributed by atoms with Gasteiger partial charge in [0.1, 0.15) is 0 Å². The third-order valence-electron chi connectivity index (χ3n) is 3.73. The van der Waals surface area contributed by atoms with Crippen molar-refractivity contribution in [3.63, 3.8) is 0 Å². The highest BCUT2D eigenvalue weighted by Crippen LogP contribution is 2.28. The van der Waals surface area contributed by atoms with Gasteiger partial charge in [0.25, 0.3) is 0 Å². The standard InChI is InChI=1S/C14H18Cl2N2O2/c1-14(2)13(20)17-5-6-18(14)8-12(19)10-4-3-9(15)7-11(10)16/h3-4,7,12,19H,5-6,8H2,1-2H3,(H,17,20). The third kappa shape index (κ3) is 3.09. The molecule has 1 saturated heterocycles. The van der Waals surface area contributed by atoms with Crippen molar-refractivity contribution in [3.05, 3.63) is 33.8 Å². The molecule has 1 aliphatic rings. The van der Waals surface area contributed by atoms with Crippen molar-refractivity contribution in [2.45, 2.75) is 25.5 Å². The molecule has 1 aromatic rings. The van der Waals surface area contributed by atoms with E-state index in [1.165, 1.54) is 0 Å². The largest absolute Gasteiger partial charge is 0.387 e. The van der Waals surface area contributed by atoms with Gasteiger partial charge in [-0.3, -0.25) is 9.69 Å². The van der Waals surface area contributed by atoms with Crippen LogP contribution in [0.3, 0.4) is 0 Å². The minimum atomic E-state index is -0.759. The van der Waals surface area contributed by atoms with Gasteiger partial charge in [-0.2, -0.15) is 0 Å². The summed E-state index contributed by atoms with van der Waals surface area (Å²) in [5, 5.41) is 14.2. The summed E-state index contributed by atoms with van der Waals surface area (Å²) in [4.78, 5) is 13.8. The molecule has 1 atom stereocenters. The van der Waals surface area contributed by atoms with Crippen molar-refractivity contribution in [2.24, 2.45) is 0 Å². The van der Waals surface area contributed by atoms with Crippen LogP contribution in [-0.4, -0.2) is 41.1 Å². The van der Waals surface area contributed by atoms with Gasteiger partial charge < -0.3 is 10.4 Å². The molecule has 0 spiro atoms. The molecular formula is C14H18Cl2N2O2. The molecule has 0 aliphatic carbocycles. The molecule has 4 nitrogen and oxygen atoms in total. The molecule has 2 rings (SSSR count). The zero-order valence-corrected chi connectivity index (χ0v) is 13.0. The van der Waals surface area contributed by atoms with E-state index in [1.807, 2.05) is 18.7 Å². The fourth-order valence-corrected chi connectivity index (χ4v) is 2.88. The van der Waals surface area contributed by atoms with Gasteiger partial charge in [-0.1, -0.05) is 29.3 Å². The van der Waals surface area contributed by atoms with Crippen molar-refractivity contribution in [2.75, 3.05) is 19.6 Å². The maximum Gasteiger partial charge on any atom is 0.240 e. The molecular weight excluding hydrogens is 299 g/mol. The Morgan fingerprint density at radius 3 is 2.80 bits per heavy atom. The average Bonchev–Trinajstić information content (AvgIpc) is 2.35. The molecule has 2 N–H and O–H groups in total. The second-order valence-electron chi connectivity index (χ2n) is 5.44. The van der Waals surface area contributed by atoms with E-state index < -0.39 is 11.6 Å². The number of benzene rings is 1. The molecule has 1 aliphatic heterocycles. The minimum absolute atomic E-state index is 0.0295. The summed E-state index contributed by atoms with van der Waals surface area (Å²) in [5.74, 6) is -0.0295. The summed E-state index contributed by atoms with van der Waals surface area (Å²) in [7, 11) is 0. The Bertz CT molecular complexity index is 520. The van der Waals surface area contributed by atoms with Crippen molar-refractivity contribution >= 4 is 29.1 Å². The molecule has 1 heterocycles. The van der Waals surface area contributed by atoms with Crippen LogP contribution in [0, 0.1) is 0 Å². The highest BCUT2D eigenvalue weighted by Gasteiger charge is 2.38. The van der Waals surface area contributed by atoms with Gasteiger partial charge in [0.05, 0.1) is 11.6 Å². The van der Waals surface area contributed by atoms with Crippen LogP contribution in [0.5, 0.6) is 0 Å². The van der Waals surface area contributed by atoms with Crippen LogP contribution in [-0.2, 0) is 4.79 Å². The smallest absolute Gasteiger partial charge is 0.240 e. The number of β-amino-alcohol motifs (C(OH)–C–C–N with tert-alkyl or cyclic N) is 1. The number of amides is 1. The van der Waals surface area contributed by atoms with Crippen LogP contribution in [0.1, 0.15) is 25.5 Å². The van der Waals surface area contributed by atoms with E-state index in [0.29, 0.717) is 35.2 Å². The third-order valence-corrected chi connectivity index (χ3v) is 4.29. The van der Waals surface area contributed by atoms with Gasteiger partial charge in [0, 0.05) is 35.2 Å². The van der Waals surface area contributed by atoms with Crippen LogP contribution >= 0.6 is 23.2 Å². The molecule has 0 saturated carbocycles. The second kappa shape index (κ2) is 5.90. The van der Waals surface area contributed by atoms with Crippen molar-refractivity contribution < 1.29 is 9.90 Å². The Kier molecular flexibility index (Phi) is 4.59. The predicted octanol–water partition coefficient (Wildman–Crippen LogP) is 2.24. The highest BCUT2D eigenvalue weighted by atomic mass is 35.5. The Morgan fingerprint density at radius 1 is 1.45 bits per heavy atom. The number of nitrogens with one attached hydrogen (secondary N) is 1. The summed E-state index contributed by atoms with van der Waals surface area (Å²) in [6.07, 6.45) is -0.759. The quantitative estimate of drug-likeness (QED) is 0.899. The fraction of sp³-hybridized carbons (Fsp3) is 0.500. The summed E-state index contributed by atoms with van der Waals surface area (Å²) in [5.41, 5.74) is -0.0177. The number of piperazine rings is 1. The summed E-state index contributed by atoms with van der Waals surface area (Å²) in [6, 6.07) is 5.02. The van der Waals surface area contributed by atoms with E-state index in [4.69, 9.17) is 23.2 Å². The van der Waals surface area contributed by atoms with Gasteiger partial charge in [0.2, 0.25) is 5.91 Å². The number of carbonyl (C=O) groups excluding carboxylic acids is 1. The van der Waals surface area contributed by atoms with E-state index in [2.05, 4.69) is 5.32 Å². The number of hydrogen-bond acceptors (Lipinski definition) is 3.